The van der Waals surface area contributed by atoms with Crippen molar-refractivity contribution in [3.8, 4) is 22.3 Å². The second-order valence-corrected chi connectivity index (χ2v) is 12.9. The van der Waals surface area contributed by atoms with E-state index in [0.29, 0.717) is 0 Å². The fraction of sp³-hybridized carbons (Fsp3) is 0. The van der Waals surface area contributed by atoms with Crippen LogP contribution in [0.3, 0.4) is 0 Å². The average molecular weight is 638 g/mol. The molecule has 0 amide bonds. The Labute approximate surface area is 290 Å². The van der Waals surface area contributed by atoms with Crippen molar-refractivity contribution < 1.29 is 4.42 Å². The summed E-state index contributed by atoms with van der Waals surface area (Å²) in [5.74, 6) is 0. The molecule has 0 bridgehead atoms. The van der Waals surface area contributed by atoms with Crippen LogP contribution in [0.25, 0.3) is 76.5 Å². The lowest BCUT2D eigenvalue weighted by Crippen LogP contribution is -2.11. The normalized spacial score (nSPS) is 11.6. The molecule has 0 saturated heterocycles. The number of hydrogen-bond donors (Lipinski definition) is 0. The van der Waals surface area contributed by atoms with E-state index in [2.05, 4.69) is 181 Å². The first-order valence-electron chi connectivity index (χ1n) is 17.1. The molecule has 0 unspecified atom stereocenters. The summed E-state index contributed by atoms with van der Waals surface area (Å²) >= 11 is 0. The Morgan fingerprint density at radius 1 is 0.320 bits per heavy atom. The van der Waals surface area contributed by atoms with Gasteiger partial charge in [0.05, 0.1) is 5.69 Å². The molecule has 10 aromatic rings. The molecule has 2 heteroatoms. The average Bonchev–Trinajstić information content (AvgIpc) is 3.56. The molecule has 234 valence electrons. The van der Waals surface area contributed by atoms with Crippen molar-refractivity contribution in [1.29, 1.82) is 0 Å². The molecule has 0 radical (unpaired) electrons. The minimum absolute atomic E-state index is 0.871. The van der Waals surface area contributed by atoms with Gasteiger partial charge >= 0.3 is 0 Å². The fourth-order valence-corrected chi connectivity index (χ4v) is 7.66. The van der Waals surface area contributed by atoms with Gasteiger partial charge in [-0.3, -0.25) is 0 Å². The predicted octanol–water partition coefficient (Wildman–Crippen LogP) is 13.8. The number of hydrogen-bond acceptors (Lipinski definition) is 2. The standard InChI is InChI=1S/C48H31NO/c1-3-16-39-32(11-1)13-10-20-41(39)34-14-9-15-35(29-34)43-18-5-7-21-46(43)49(38-26-28-45-44-19-6-8-22-47(44)50-48(45)31-38)37-25-27-42-36(30-37)24-23-33-12-2-4-17-40(33)42/h1-31H. The number of furan rings is 1. The molecule has 1 heterocycles. The Kier molecular flexibility index (Phi) is 6.53. The predicted molar refractivity (Wildman–Crippen MR) is 212 cm³/mol. The van der Waals surface area contributed by atoms with Gasteiger partial charge in [-0.15, -0.1) is 0 Å². The third-order valence-electron chi connectivity index (χ3n) is 10.0. The molecule has 9 aromatic carbocycles. The number of rotatable bonds is 5. The number of anilines is 3. The first kappa shape index (κ1) is 28.4. The van der Waals surface area contributed by atoms with Crippen LogP contribution in [-0.2, 0) is 0 Å². The Hall–Kier alpha value is -6.64. The molecule has 0 aliphatic carbocycles. The van der Waals surface area contributed by atoms with Crippen LogP contribution in [0.1, 0.15) is 0 Å². The molecule has 0 fully saturated rings. The van der Waals surface area contributed by atoms with Crippen LogP contribution < -0.4 is 4.90 Å². The molecule has 10 rings (SSSR count). The van der Waals surface area contributed by atoms with Crippen LogP contribution in [-0.4, -0.2) is 0 Å². The SMILES string of the molecule is c1cc(-c2ccccc2N(c2ccc3c(ccc4ccccc43)c2)c2ccc3c(c2)oc2ccccc23)cc(-c2cccc3ccccc23)c1. The highest BCUT2D eigenvalue weighted by atomic mass is 16.3. The monoisotopic (exact) mass is 637 g/mol. The molecular formula is C48H31NO. The van der Waals surface area contributed by atoms with Crippen molar-refractivity contribution in [2.45, 2.75) is 0 Å². The summed E-state index contributed by atoms with van der Waals surface area (Å²) in [6, 6.07) is 67.6. The zero-order chi connectivity index (χ0) is 33.0. The van der Waals surface area contributed by atoms with Gasteiger partial charge in [-0.05, 0) is 91.5 Å². The van der Waals surface area contributed by atoms with Gasteiger partial charge in [0.2, 0.25) is 0 Å². The van der Waals surface area contributed by atoms with Crippen molar-refractivity contribution in [2.75, 3.05) is 4.90 Å². The van der Waals surface area contributed by atoms with Gasteiger partial charge in [-0.25, -0.2) is 0 Å². The Morgan fingerprint density at radius 3 is 1.76 bits per heavy atom. The second kappa shape index (κ2) is 11.5. The van der Waals surface area contributed by atoms with E-state index in [0.717, 1.165) is 50.1 Å². The van der Waals surface area contributed by atoms with E-state index in [1.54, 1.807) is 0 Å². The molecule has 2 nitrogen and oxygen atoms in total. The summed E-state index contributed by atoms with van der Waals surface area (Å²) in [4.78, 5) is 2.38. The van der Waals surface area contributed by atoms with Crippen LogP contribution in [0.4, 0.5) is 17.1 Å². The topological polar surface area (TPSA) is 16.4 Å². The Bertz CT molecular complexity index is 2890. The van der Waals surface area contributed by atoms with Crippen molar-refractivity contribution in [1.82, 2.24) is 0 Å². The fourth-order valence-electron chi connectivity index (χ4n) is 7.66. The third kappa shape index (κ3) is 4.65. The van der Waals surface area contributed by atoms with Crippen LogP contribution in [0.2, 0.25) is 0 Å². The van der Waals surface area contributed by atoms with E-state index >= 15 is 0 Å². The number of para-hydroxylation sites is 2. The van der Waals surface area contributed by atoms with Crippen molar-refractivity contribution >= 4 is 71.3 Å². The lowest BCUT2D eigenvalue weighted by atomic mass is 9.94. The van der Waals surface area contributed by atoms with Crippen LogP contribution in [0, 0.1) is 0 Å². The quantitative estimate of drug-likeness (QED) is 0.175. The maximum absolute atomic E-state index is 6.42. The lowest BCUT2D eigenvalue weighted by Gasteiger charge is -2.28. The maximum atomic E-state index is 6.42. The molecular weight excluding hydrogens is 607 g/mol. The third-order valence-corrected chi connectivity index (χ3v) is 10.0. The van der Waals surface area contributed by atoms with E-state index in [-0.39, 0.29) is 0 Å². The Morgan fingerprint density at radius 2 is 0.880 bits per heavy atom. The lowest BCUT2D eigenvalue weighted by molar-refractivity contribution is 0.669. The highest BCUT2D eigenvalue weighted by Gasteiger charge is 2.20. The van der Waals surface area contributed by atoms with Gasteiger partial charge < -0.3 is 9.32 Å². The molecule has 0 atom stereocenters. The summed E-state index contributed by atoms with van der Waals surface area (Å²) in [7, 11) is 0. The largest absolute Gasteiger partial charge is 0.456 e. The number of nitrogens with zero attached hydrogens (tertiary/aromatic N) is 1. The molecule has 1 aromatic heterocycles. The zero-order valence-corrected chi connectivity index (χ0v) is 27.3. The van der Waals surface area contributed by atoms with Crippen molar-refractivity contribution in [2.24, 2.45) is 0 Å². The number of fused-ring (bicyclic) bond motifs is 7. The van der Waals surface area contributed by atoms with E-state index < -0.39 is 0 Å². The van der Waals surface area contributed by atoms with Gasteiger partial charge in [-0.2, -0.15) is 0 Å². The highest BCUT2D eigenvalue weighted by molar-refractivity contribution is 6.10. The molecule has 0 aliphatic heterocycles. The molecule has 0 N–H and O–H groups in total. The van der Waals surface area contributed by atoms with Gasteiger partial charge in [0.15, 0.2) is 0 Å². The summed E-state index contributed by atoms with van der Waals surface area (Å²) < 4.78 is 6.42. The van der Waals surface area contributed by atoms with Gasteiger partial charge in [-0.1, -0.05) is 140 Å². The maximum Gasteiger partial charge on any atom is 0.137 e. The summed E-state index contributed by atoms with van der Waals surface area (Å²) in [6.07, 6.45) is 0. The van der Waals surface area contributed by atoms with E-state index in [4.69, 9.17) is 4.42 Å². The first-order valence-corrected chi connectivity index (χ1v) is 17.1. The van der Waals surface area contributed by atoms with E-state index in [1.165, 1.54) is 43.4 Å². The van der Waals surface area contributed by atoms with Crippen LogP contribution in [0.15, 0.2) is 192 Å². The second-order valence-electron chi connectivity index (χ2n) is 12.9. The highest BCUT2D eigenvalue weighted by Crippen LogP contribution is 2.44. The van der Waals surface area contributed by atoms with Gasteiger partial charge in [0, 0.05) is 33.8 Å². The minimum atomic E-state index is 0.871. The summed E-state index contributed by atoms with van der Waals surface area (Å²) in [5.41, 5.74) is 9.72. The smallest absolute Gasteiger partial charge is 0.137 e. The molecule has 0 saturated carbocycles. The number of benzene rings is 9. The van der Waals surface area contributed by atoms with Gasteiger partial charge in [0.25, 0.3) is 0 Å². The van der Waals surface area contributed by atoms with Gasteiger partial charge in [0.1, 0.15) is 11.2 Å². The molecule has 50 heavy (non-hydrogen) atoms. The summed E-state index contributed by atoms with van der Waals surface area (Å²) in [6.45, 7) is 0. The van der Waals surface area contributed by atoms with Crippen LogP contribution in [0.5, 0.6) is 0 Å². The molecule has 0 aliphatic rings. The first-order chi connectivity index (χ1) is 24.8. The van der Waals surface area contributed by atoms with E-state index in [1.807, 2.05) is 12.1 Å². The van der Waals surface area contributed by atoms with E-state index in [9.17, 15) is 0 Å². The zero-order valence-electron chi connectivity index (χ0n) is 27.3. The molecule has 0 spiro atoms. The minimum Gasteiger partial charge on any atom is -0.456 e. The van der Waals surface area contributed by atoms with Crippen LogP contribution >= 0.6 is 0 Å². The van der Waals surface area contributed by atoms with Crippen molar-refractivity contribution in [3.05, 3.63) is 188 Å². The van der Waals surface area contributed by atoms with Crippen molar-refractivity contribution in [3.63, 3.8) is 0 Å². The Balaban J connectivity index is 1.18. The summed E-state index contributed by atoms with van der Waals surface area (Å²) in [5, 5.41) is 9.70.